The predicted molar refractivity (Wildman–Crippen MR) is 110 cm³/mol. The Hall–Kier alpha value is -2.32. The molecule has 0 aliphatic carbocycles. The third-order valence-electron chi connectivity index (χ3n) is 5.34. The van der Waals surface area contributed by atoms with Crippen molar-refractivity contribution < 1.29 is 22.0 Å². The SMILES string of the molecule is CC1CC(C)CN(S(=O)(=O)c2ccc(C(=O)N(C)Cc3ccc(F)cc3F)cc2)C1. The predicted octanol–water partition coefficient (Wildman–Crippen LogP) is 3.90. The maximum atomic E-state index is 13.8. The van der Waals surface area contributed by atoms with E-state index < -0.39 is 21.7 Å². The maximum absolute atomic E-state index is 13.8. The van der Waals surface area contributed by atoms with Gasteiger partial charge >= 0.3 is 0 Å². The lowest BCUT2D eigenvalue weighted by Crippen LogP contribution is -2.42. The number of carbonyl (C=O) groups excluding carboxylic acids is 1. The molecule has 8 heteroatoms. The molecular weight excluding hydrogens is 410 g/mol. The zero-order valence-electron chi connectivity index (χ0n) is 17.3. The van der Waals surface area contributed by atoms with Crippen molar-refractivity contribution in [2.75, 3.05) is 20.1 Å². The molecule has 0 radical (unpaired) electrons. The van der Waals surface area contributed by atoms with Gasteiger partial charge in [0.1, 0.15) is 11.6 Å². The number of sulfonamides is 1. The minimum Gasteiger partial charge on any atom is -0.337 e. The van der Waals surface area contributed by atoms with Crippen LogP contribution in [0.4, 0.5) is 8.78 Å². The summed E-state index contributed by atoms with van der Waals surface area (Å²) in [6.45, 7) is 5.02. The van der Waals surface area contributed by atoms with Crippen molar-refractivity contribution >= 4 is 15.9 Å². The van der Waals surface area contributed by atoms with Gasteiger partial charge in [-0.1, -0.05) is 19.9 Å². The summed E-state index contributed by atoms with van der Waals surface area (Å²) in [4.78, 5) is 14.1. The summed E-state index contributed by atoms with van der Waals surface area (Å²) >= 11 is 0. The Morgan fingerprint density at radius 1 is 1.07 bits per heavy atom. The highest BCUT2D eigenvalue weighted by Crippen LogP contribution is 2.27. The monoisotopic (exact) mass is 436 g/mol. The minimum absolute atomic E-state index is 0.0332. The lowest BCUT2D eigenvalue weighted by molar-refractivity contribution is 0.0783. The molecule has 2 unspecified atom stereocenters. The average molecular weight is 437 g/mol. The van der Waals surface area contributed by atoms with Gasteiger partial charge in [0.05, 0.1) is 4.90 Å². The van der Waals surface area contributed by atoms with Crippen LogP contribution in [0.15, 0.2) is 47.4 Å². The van der Waals surface area contributed by atoms with E-state index in [4.69, 9.17) is 0 Å². The molecule has 2 atom stereocenters. The van der Waals surface area contributed by atoms with E-state index in [1.165, 1.54) is 46.6 Å². The molecule has 1 amide bonds. The lowest BCUT2D eigenvalue weighted by Gasteiger charge is -2.34. The van der Waals surface area contributed by atoms with E-state index >= 15 is 0 Å². The lowest BCUT2D eigenvalue weighted by atomic mass is 9.94. The van der Waals surface area contributed by atoms with E-state index in [0.717, 1.165) is 18.6 Å². The zero-order valence-corrected chi connectivity index (χ0v) is 18.1. The quantitative estimate of drug-likeness (QED) is 0.714. The van der Waals surface area contributed by atoms with E-state index in [0.29, 0.717) is 30.5 Å². The number of amides is 1. The van der Waals surface area contributed by atoms with Crippen molar-refractivity contribution in [1.29, 1.82) is 0 Å². The van der Waals surface area contributed by atoms with Gasteiger partial charge in [0, 0.05) is 43.9 Å². The fourth-order valence-electron chi connectivity index (χ4n) is 3.92. The molecule has 0 N–H and O–H groups in total. The van der Waals surface area contributed by atoms with E-state index in [9.17, 15) is 22.0 Å². The molecule has 2 aromatic carbocycles. The molecule has 0 bridgehead atoms. The number of halogens is 2. The molecule has 2 aromatic rings. The Balaban J connectivity index is 1.73. The number of benzene rings is 2. The van der Waals surface area contributed by atoms with Gasteiger partial charge in [-0.15, -0.1) is 0 Å². The van der Waals surface area contributed by atoms with Gasteiger partial charge in [-0.2, -0.15) is 4.31 Å². The van der Waals surface area contributed by atoms with Crippen LogP contribution in [0.2, 0.25) is 0 Å². The molecule has 0 saturated carbocycles. The highest BCUT2D eigenvalue weighted by atomic mass is 32.2. The van der Waals surface area contributed by atoms with Crippen LogP contribution in [-0.2, 0) is 16.6 Å². The highest BCUT2D eigenvalue weighted by Gasteiger charge is 2.31. The molecule has 0 spiro atoms. The first kappa shape index (κ1) is 22.4. The topological polar surface area (TPSA) is 57.7 Å². The second kappa shape index (κ2) is 8.81. The van der Waals surface area contributed by atoms with Crippen molar-refractivity contribution in [3.63, 3.8) is 0 Å². The van der Waals surface area contributed by atoms with Crippen LogP contribution in [0, 0.1) is 23.5 Å². The van der Waals surface area contributed by atoms with Crippen molar-refractivity contribution in [3.8, 4) is 0 Å². The zero-order chi connectivity index (χ0) is 22.1. The van der Waals surface area contributed by atoms with Gasteiger partial charge in [0.15, 0.2) is 0 Å². The summed E-state index contributed by atoms with van der Waals surface area (Å²) in [5, 5.41) is 0. The van der Waals surface area contributed by atoms with Crippen molar-refractivity contribution in [1.82, 2.24) is 9.21 Å². The number of rotatable bonds is 5. The number of hydrogen-bond donors (Lipinski definition) is 0. The summed E-state index contributed by atoms with van der Waals surface area (Å²) < 4.78 is 54.3. The first-order valence-corrected chi connectivity index (χ1v) is 11.3. The first-order valence-electron chi connectivity index (χ1n) is 9.87. The number of nitrogens with zero attached hydrogens (tertiary/aromatic N) is 2. The smallest absolute Gasteiger partial charge is 0.253 e. The van der Waals surface area contributed by atoms with Crippen LogP contribution in [0.25, 0.3) is 0 Å². The molecule has 1 saturated heterocycles. The van der Waals surface area contributed by atoms with Gasteiger partial charge in [-0.3, -0.25) is 4.79 Å². The average Bonchev–Trinajstić information content (AvgIpc) is 2.69. The molecule has 0 aromatic heterocycles. The van der Waals surface area contributed by atoms with Gasteiger partial charge in [-0.25, -0.2) is 17.2 Å². The Morgan fingerprint density at radius 2 is 1.67 bits per heavy atom. The normalized spacial score (nSPS) is 20.2. The van der Waals surface area contributed by atoms with Crippen molar-refractivity contribution in [3.05, 3.63) is 65.2 Å². The van der Waals surface area contributed by atoms with Crippen LogP contribution in [0.3, 0.4) is 0 Å². The highest BCUT2D eigenvalue weighted by molar-refractivity contribution is 7.89. The fourth-order valence-corrected chi connectivity index (χ4v) is 5.60. The Kier molecular flexibility index (Phi) is 6.57. The third kappa shape index (κ3) is 4.87. The first-order chi connectivity index (χ1) is 14.1. The molecule has 5 nitrogen and oxygen atoms in total. The largest absolute Gasteiger partial charge is 0.337 e. The summed E-state index contributed by atoms with van der Waals surface area (Å²) in [6, 6.07) is 8.99. The van der Waals surface area contributed by atoms with Crippen LogP contribution in [0.1, 0.15) is 36.2 Å². The summed E-state index contributed by atoms with van der Waals surface area (Å²) in [5.74, 6) is -1.20. The van der Waals surface area contributed by atoms with E-state index in [-0.39, 0.29) is 22.9 Å². The Morgan fingerprint density at radius 3 is 2.23 bits per heavy atom. The second-order valence-electron chi connectivity index (χ2n) is 8.19. The summed E-state index contributed by atoms with van der Waals surface area (Å²) in [5.41, 5.74) is 0.485. The fraction of sp³-hybridized carbons (Fsp3) is 0.409. The molecule has 1 aliphatic rings. The standard InChI is InChI=1S/C22H26F2N2O3S/c1-15-10-16(2)13-26(12-15)30(28,29)20-8-5-17(6-9-20)22(27)25(3)14-18-4-7-19(23)11-21(18)24/h4-9,11,15-16H,10,12-14H2,1-3H3. The van der Waals surface area contributed by atoms with Gasteiger partial charge in [0.25, 0.3) is 5.91 Å². The van der Waals surface area contributed by atoms with Crippen LogP contribution < -0.4 is 0 Å². The number of piperidine rings is 1. The summed E-state index contributed by atoms with van der Waals surface area (Å²) in [7, 11) is -2.12. The molecule has 1 heterocycles. The van der Waals surface area contributed by atoms with E-state index in [1.807, 2.05) is 13.8 Å². The number of carbonyl (C=O) groups is 1. The molecule has 1 fully saturated rings. The van der Waals surface area contributed by atoms with Crippen molar-refractivity contribution in [2.24, 2.45) is 11.8 Å². The molecule has 1 aliphatic heterocycles. The van der Waals surface area contributed by atoms with E-state index in [1.54, 1.807) is 0 Å². The third-order valence-corrected chi connectivity index (χ3v) is 7.19. The van der Waals surface area contributed by atoms with Crippen LogP contribution >= 0.6 is 0 Å². The van der Waals surface area contributed by atoms with Gasteiger partial charge in [0.2, 0.25) is 10.0 Å². The Bertz CT molecular complexity index is 1020. The maximum Gasteiger partial charge on any atom is 0.253 e. The summed E-state index contributed by atoms with van der Waals surface area (Å²) in [6.07, 6.45) is 1.00. The molecule has 30 heavy (non-hydrogen) atoms. The number of hydrogen-bond acceptors (Lipinski definition) is 3. The molecule has 3 rings (SSSR count). The molecular formula is C22H26F2N2O3S. The van der Waals surface area contributed by atoms with Crippen LogP contribution in [0.5, 0.6) is 0 Å². The van der Waals surface area contributed by atoms with Gasteiger partial charge < -0.3 is 4.90 Å². The molecule has 162 valence electrons. The minimum atomic E-state index is -3.63. The van der Waals surface area contributed by atoms with Crippen molar-refractivity contribution in [2.45, 2.75) is 31.7 Å². The van der Waals surface area contributed by atoms with Gasteiger partial charge in [-0.05, 0) is 48.6 Å². The van der Waals surface area contributed by atoms with Crippen LogP contribution in [-0.4, -0.2) is 43.7 Å². The Labute approximate surface area is 176 Å². The van der Waals surface area contributed by atoms with E-state index in [2.05, 4.69) is 0 Å². The second-order valence-corrected chi connectivity index (χ2v) is 10.1.